The molecular weight excluding hydrogens is 396 g/mol. The average molecular weight is 425 g/mol. The van der Waals surface area contributed by atoms with E-state index in [1.807, 2.05) is 25.2 Å². The van der Waals surface area contributed by atoms with Gasteiger partial charge in [0, 0.05) is 44.5 Å². The van der Waals surface area contributed by atoms with Gasteiger partial charge in [0.25, 0.3) is 5.91 Å². The molecule has 1 saturated heterocycles. The molecule has 3 aromatic rings. The molecule has 1 aromatic heterocycles. The summed E-state index contributed by atoms with van der Waals surface area (Å²) in [6.45, 7) is 6.99. The second-order valence-corrected chi connectivity index (χ2v) is 8.58. The Morgan fingerprint density at radius 2 is 1.93 bits per heavy atom. The number of amides is 1. The molecule has 0 bridgehead atoms. The molecule has 1 aliphatic heterocycles. The number of ether oxygens (including phenoxy) is 1. The molecule has 2 aromatic carbocycles. The summed E-state index contributed by atoms with van der Waals surface area (Å²) in [5.74, 6) is 0.826. The first-order chi connectivity index (χ1) is 14.6. The van der Waals surface area contributed by atoms with Crippen molar-refractivity contribution in [2.24, 2.45) is 7.05 Å². The lowest BCUT2D eigenvalue weighted by Gasteiger charge is -2.26. The Balaban J connectivity index is 1.38. The first-order valence-corrected chi connectivity index (χ1v) is 11.3. The van der Waals surface area contributed by atoms with Gasteiger partial charge in [-0.25, -0.2) is 4.98 Å². The van der Waals surface area contributed by atoms with Gasteiger partial charge in [-0.3, -0.25) is 9.69 Å². The summed E-state index contributed by atoms with van der Waals surface area (Å²) in [6, 6.07) is 14.3. The van der Waals surface area contributed by atoms with Crippen molar-refractivity contribution < 1.29 is 9.53 Å². The minimum absolute atomic E-state index is 0.0415. The van der Waals surface area contributed by atoms with Crippen LogP contribution in [0.1, 0.15) is 21.5 Å². The fraction of sp³-hybridized carbons (Fsp3) is 0.391. The van der Waals surface area contributed by atoms with Crippen LogP contribution in [0, 0.1) is 6.92 Å². The molecule has 2 heterocycles. The maximum absolute atomic E-state index is 12.6. The third-order valence-corrected chi connectivity index (χ3v) is 6.51. The van der Waals surface area contributed by atoms with Crippen LogP contribution < -0.4 is 5.32 Å². The van der Waals surface area contributed by atoms with Crippen LogP contribution in [0.5, 0.6) is 0 Å². The Morgan fingerprint density at radius 3 is 2.70 bits per heavy atom. The Kier molecular flexibility index (Phi) is 6.72. The quantitative estimate of drug-likeness (QED) is 0.590. The molecule has 0 aliphatic carbocycles. The molecule has 4 rings (SSSR count). The number of thioether (sulfide) groups is 1. The Bertz CT molecular complexity index is 1010. The van der Waals surface area contributed by atoms with Crippen molar-refractivity contribution in [2.45, 2.75) is 17.8 Å². The van der Waals surface area contributed by atoms with Gasteiger partial charge < -0.3 is 14.6 Å². The third-order valence-electron chi connectivity index (χ3n) is 5.41. The molecule has 158 valence electrons. The highest BCUT2D eigenvalue weighted by molar-refractivity contribution is 7.98. The van der Waals surface area contributed by atoms with E-state index in [4.69, 9.17) is 9.72 Å². The molecule has 7 heteroatoms. The predicted octanol–water partition coefficient (Wildman–Crippen LogP) is 3.24. The zero-order valence-electron chi connectivity index (χ0n) is 17.6. The molecule has 1 aliphatic rings. The smallest absolute Gasteiger partial charge is 0.251 e. The molecule has 0 spiro atoms. The van der Waals surface area contributed by atoms with Gasteiger partial charge >= 0.3 is 0 Å². The highest BCUT2D eigenvalue weighted by Crippen LogP contribution is 2.26. The van der Waals surface area contributed by atoms with E-state index in [0.29, 0.717) is 12.1 Å². The standard InChI is InChI=1S/C23H28N4O2S/c1-17-3-5-18(6-4-17)16-30-23-25-20-8-7-19(15-21(20)26(23)2)22(28)24-9-10-27-11-13-29-14-12-27/h3-8,15H,9-14,16H2,1-2H3,(H,24,28). The summed E-state index contributed by atoms with van der Waals surface area (Å²) < 4.78 is 7.43. The summed E-state index contributed by atoms with van der Waals surface area (Å²) in [4.78, 5) is 19.7. The van der Waals surface area contributed by atoms with Gasteiger partial charge in [-0.15, -0.1) is 0 Å². The topological polar surface area (TPSA) is 59.4 Å². The molecule has 1 fully saturated rings. The SMILES string of the molecule is Cc1ccc(CSc2nc3ccc(C(=O)NCCN4CCOCC4)cc3n2C)cc1. The van der Waals surface area contributed by atoms with Gasteiger partial charge in [0.2, 0.25) is 0 Å². The minimum Gasteiger partial charge on any atom is -0.379 e. The number of morpholine rings is 1. The number of nitrogens with zero attached hydrogens (tertiary/aromatic N) is 3. The van der Waals surface area contributed by atoms with Crippen LogP contribution in [0.4, 0.5) is 0 Å². The second-order valence-electron chi connectivity index (χ2n) is 7.64. The summed E-state index contributed by atoms with van der Waals surface area (Å²) in [5, 5.41) is 3.99. The van der Waals surface area contributed by atoms with Gasteiger partial charge in [0.1, 0.15) is 0 Å². The summed E-state index contributed by atoms with van der Waals surface area (Å²) in [5.41, 5.74) is 5.10. The Labute approximate surface area is 181 Å². The zero-order valence-corrected chi connectivity index (χ0v) is 18.4. The number of rotatable bonds is 7. The molecule has 30 heavy (non-hydrogen) atoms. The monoisotopic (exact) mass is 424 g/mol. The van der Waals surface area contributed by atoms with Crippen molar-refractivity contribution in [3.8, 4) is 0 Å². The molecular formula is C23H28N4O2S. The van der Waals surface area contributed by atoms with Crippen molar-refractivity contribution >= 4 is 28.7 Å². The van der Waals surface area contributed by atoms with Crippen LogP contribution in [0.25, 0.3) is 11.0 Å². The lowest BCUT2D eigenvalue weighted by Crippen LogP contribution is -2.41. The van der Waals surface area contributed by atoms with Crippen LogP contribution in [0.2, 0.25) is 0 Å². The van der Waals surface area contributed by atoms with E-state index < -0.39 is 0 Å². The fourth-order valence-electron chi connectivity index (χ4n) is 3.52. The van der Waals surface area contributed by atoms with Gasteiger partial charge in [-0.1, -0.05) is 41.6 Å². The van der Waals surface area contributed by atoms with Crippen molar-refractivity contribution in [2.75, 3.05) is 39.4 Å². The first kappa shape index (κ1) is 20.9. The number of fused-ring (bicyclic) bond motifs is 1. The van der Waals surface area contributed by atoms with Gasteiger partial charge in [0.05, 0.1) is 24.2 Å². The Morgan fingerprint density at radius 1 is 1.17 bits per heavy atom. The van der Waals surface area contributed by atoms with Crippen LogP contribution in [0.3, 0.4) is 0 Å². The van der Waals surface area contributed by atoms with Gasteiger partial charge in [-0.2, -0.15) is 0 Å². The fourth-order valence-corrected chi connectivity index (χ4v) is 4.47. The summed E-state index contributed by atoms with van der Waals surface area (Å²) in [7, 11) is 2.01. The number of aromatic nitrogens is 2. The number of hydrogen-bond donors (Lipinski definition) is 1. The number of imidazole rings is 1. The molecule has 1 N–H and O–H groups in total. The molecule has 6 nitrogen and oxygen atoms in total. The Hall–Kier alpha value is -2.35. The van der Waals surface area contributed by atoms with Crippen LogP contribution in [0.15, 0.2) is 47.6 Å². The van der Waals surface area contributed by atoms with Crippen molar-refractivity contribution in [1.29, 1.82) is 0 Å². The number of hydrogen-bond acceptors (Lipinski definition) is 5. The van der Waals surface area contributed by atoms with E-state index in [1.165, 1.54) is 11.1 Å². The average Bonchev–Trinajstić information content (AvgIpc) is 3.09. The number of carbonyl (C=O) groups excluding carboxylic acids is 1. The molecule has 0 atom stereocenters. The van der Waals surface area contributed by atoms with E-state index in [2.05, 4.69) is 46.0 Å². The lowest BCUT2D eigenvalue weighted by molar-refractivity contribution is 0.0383. The van der Waals surface area contributed by atoms with Crippen molar-refractivity contribution in [1.82, 2.24) is 19.8 Å². The van der Waals surface area contributed by atoms with Crippen LogP contribution >= 0.6 is 11.8 Å². The van der Waals surface area contributed by atoms with Crippen LogP contribution in [-0.4, -0.2) is 59.8 Å². The highest BCUT2D eigenvalue weighted by atomic mass is 32.2. The summed E-state index contributed by atoms with van der Waals surface area (Å²) in [6.07, 6.45) is 0. The van der Waals surface area contributed by atoms with E-state index in [1.54, 1.807) is 11.8 Å². The van der Waals surface area contributed by atoms with Crippen LogP contribution in [-0.2, 0) is 17.5 Å². The largest absolute Gasteiger partial charge is 0.379 e. The highest BCUT2D eigenvalue weighted by Gasteiger charge is 2.14. The number of aryl methyl sites for hydroxylation is 2. The predicted molar refractivity (Wildman–Crippen MR) is 121 cm³/mol. The third kappa shape index (κ3) is 5.03. The molecule has 0 saturated carbocycles. The lowest BCUT2D eigenvalue weighted by atomic mass is 10.2. The number of nitrogens with one attached hydrogen (secondary N) is 1. The minimum atomic E-state index is -0.0415. The van der Waals surface area contributed by atoms with Crippen molar-refractivity contribution in [3.63, 3.8) is 0 Å². The maximum atomic E-state index is 12.6. The van der Waals surface area contributed by atoms with E-state index >= 15 is 0 Å². The van der Waals surface area contributed by atoms with Crippen molar-refractivity contribution in [3.05, 3.63) is 59.2 Å². The van der Waals surface area contributed by atoms with E-state index in [-0.39, 0.29) is 5.91 Å². The van der Waals surface area contributed by atoms with Gasteiger partial charge in [-0.05, 0) is 30.7 Å². The molecule has 0 unspecified atom stereocenters. The molecule has 1 amide bonds. The molecule has 0 radical (unpaired) electrons. The zero-order chi connectivity index (χ0) is 20.9. The summed E-state index contributed by atoms with van der Waals surface area (Å²) >= 11 is 1.71. The number of carbonyl (C=O) groups is 1. The maximum Gasteiger partial charge on any atom is 0.251 e. The van der Waals surface area contributed by atoms with E-state index in [9.17, 15) is 4.79 Å². The normalized spacial score (nSPS) is 14.9. The van der Waals surface area contributed by atoms with E-state index in [0.717, 1.165) is 54.8 Å². The number of benzene rings is 2. The first-order valence-electron chi connectivity index (χ1n) is 10.3. The van der Waals surface area contributed by atoms with Gasteiger partial charge in [0.15, 0.2) is 5.16 Å². The second kappa shape index (κ2) is 9.64.